The van der Waals surface area contributed by atoms with Crippen molar-refractivity contribution in [1.82, 2.24) is 10.4 Å². The van der Waals surface area contributed by atoms with E-state index in [0.717, 1.165) is 6.42 Å². The maximum absolute atomic E-state index is 13.9. The van der Waals surface area contributed by atoms with Crippen LogP contribution in [0.5, 0.6) is 5.75 Å². The normalized spacial score (nSPS) is 12.9. The van der Waals surface area contributed by atoms with Crippen LogP contribution in [-0.4, -0.2) is 198 Å². The number of allylic oxidation sites excluding steroid dienone is 1. The van der Waals surface area contributed by atoms with Gasteiger partial charge in [0.2, 0.25) is 17.4 Å². The Hall–Kier alpha value is -5.14. The summed E-state index contributed by atoms with van der Waals surface area (Å²) in [5.41, 5.74) is 16.2. The first-order valence-corrected chi connectivity index (χ1v) is 26.6. The molecular formula is C52H76F4N6O16S. The highest BCUT2D eigenvalue weighted by Gasteiger charge is 2.29. The fourth-order valence-corrected chi connectivity index (χ4v) is 7.23. The van der Waals surface area contributed by atoms with Crippen molar-refractivity contribution in [2.45, 2.75) is 51.3 Å². The molecule has 0 atom stereocenters. The molecule has 0 saturated carbocycles. The Balaban J connectivity index is 1.10. The van der Waals surface area contributed by atoms with Crippen molar-refractivity contribution in [2.75, 3.05) is 159 Å². The standard InChI is InChI=1S/C52H76F4N6O16S/c1-5-12-62(77-7-3)52(65)38-33-36-8-9-37(34-40(36)61-41(58)35-38)43(39(57)6-2)48(59-4)51(64)60-11-14-68-16-18-70-20-22-72-24-26-74-28-30-76-32-31-75-29-27-73-25-23-71-21-19-69-17-15-67-13-10-42(63)78-49-44(53)46(55)50(79-66)47(56)45(49)54/h8-9,33-34,66H,5-7,10-32,35,57H2,1-4H3,(H2,58,61)(H,60,64). The number of esters is 1. The molecule has 1 aliphatic rings. The molecule has 79 heavy (non-hydrogen) atoms. The number of fused-ring (bicyclic) bond motifs is 1. The lowest BCUT2D eigenvalue weighted by Gasteiger charge is -2.21. The van der Waals surface area contributed by atoms with Crippen LogP contribution < -0.4 is 21.5 Å². The molecule has 0 aliphatic carbocycles. The quantitative estimate of drug-likeness (QED) is 0.00970. The first kappa shape index (κ1) is 68.1. The summed E-state index contributed by atoms with van der Waals surface area (Å²) in [5, 5.41) is 4.21. The number of aliphatic imine (C=N–C) groups is 2. The van der Waals surface area contributed by atoms with Crippen molar-refractivity contribution in [3.63, 3.8) is 0 Å². The monoisotopic (exact) mass is 1150 g/mol. The Bertz CT molecular complexity index is 2260. The topological polar surface area (TPSA) is 274 Å². The third kappa shape index (κ3) is 25.5. The number of amidine groups is 1. The minimum absolute atomic E-state index is 0.0824. The third-order valence-electron chi connectivity index (χ3n) is 10.7. The van der Waals surface area contributed by atoms with E-state index in [-0.39, 0.29) is 63.5 Å². The first-order valence-electron chi connectivity index (χ1n) is 25.8. The number of halogens is 4. The maximum atomic E-state index is 13.9. The van der Waals surface area contributed by atoms with Gasteiger partial charge in [-0.05, 0) is 37.5 Å². The van der Waals surface area contributed by atoms with Crippen molar-refractivity contribution in [1.29, 1.82) is 0 Å². The van der Waals surface area contributed by atoms with Gasteiger partial charge in [-0.15, -0.1) is 0 Å². The highest BCUT2D eigenvalue weighted by atomic mass is 32.2. The van der Waals surface area contributed by atoms with E-state index in [1.54, 1.807) is 12.1 Å². The summed E-state index contributed by atoms with van der Waals surface area (Å²) in [4.78, 5) is 51.8. The second-order valence-corrected chi connectivity index (χ2v) is 17.1. The molecule has 0 spiro atoms. The maximum Gasteiger partial charge on any atom is 0.313 e. The average Bonchev–Trinajstić information content (AvgIpc) is 3.73. The smallest absolute Gasteiger partial charge is 0.313 e. The molecule has 0 saturated heterocycles. The minimum Gasteiger partial charge on any atom is -0.420 e. The number of amides is 2. The summed E-state index contributed by atoms with van der Waals surface area (Å²) in [7, 11) is 1.53. The molecule has 0 unspecified atom stereocenters. The molecule has 0 aromatic heterocycles. The van der Waals surface area contributed by atoms with Crippen molar-refractivity contribution >= 4 is 58.7 Å². The van der Waals surface area contributed by atoms with Crippen molar-refractivity contribution in [2.24, 2.45) is 21.5 Å². The predicted octanol–water partition coefficient (Wildman–Crippen LogP) is 5.20. The lowest BCUT2D eigenvalue weighted by atomic mass is 9.95. The molecular weight excluding hydrogens is 1070 g/mol. The molecule has 0 radical (unpaired) electrons. The van der Waals surface area contributed by atoms with Crippen LogP contribution in [0.4, 0.5) is 23.2 Å². The number of hydrogen-bond donors (Lipinski definition) is 4. The summed E-state index contributed by atoms with van der Waals surface area (Å²) in [5.74, 6) is -10.8. The lowest BCUT2D eigenvalue weighted by molar-refractivity contribution is -0.180. The van der Waals surface area contributed by atoms with E-state index in [1.807, 2.05) is 32.9 Å². The van der Waals surface area contributed by atoms with Gasteiger partial charge < -0.3 is 73.4 Å². The Kier molecular flexibility index (Phi) is 35.3. The van der Waals surface area contributed by atoms with Gasteiger partial charge in [0.15, 0.2) is 11.6 Å². The Morgan fingerprint density at radius 3 is 1.61 bits per heavy atom. The van der Waals surface area contributed by atoms with Crippen molar-refractivity contribution < 1.29 is 93.4 Å². The van der Waals surface area contributed by atoms with E-state index in [1.165, 1.54) is 12.1 Å². The molecule has 0 bridgehead atoms. The number of nitrogens with two attached hydrogens (primary N) is 2. The number of ether oxygens (including phenoxy) is 11. The van der Waals surface area contributed by atoms with E-state index < -0.39 is 64.3 Å². The predicted molar refractivity (Wildman–Crippen MR) is 285 cm³/mol. The van der Waals surface area contributed by atoms with E-state index in [2.05, 4.69) is 20.0 Å². The zero-order valence-electron chi connectivity index (χ0n) is 45.4. The van der Waals surface area contributed by atoms with Crippen molar-refractivity contribution in [3.8, 4) is 5.75 Å². The molecule has 22 nitrogen and oxygen atoms in total. The SMILES string of the molecule is CCCN(OCC)C(=O)C1=Cc2ccc(C(C(=NC)C(=O)NCCOCCOCCOCCOCCOCCOCCOCCOCCOCCOCCC(=O)Oc3c(F)c(F)c(SO)c(F)c3F)=C(N)CC)cc2N=C(N)C1. The van der Waals surface area contributed by atoms with Crippen LogP contribution in [0.25, 0.3) is 11.6 Å². The van der Waals surface area contributed by atoms with Crippen LogP contribution in [0.2, 0.25) is 0 Å². The number of hydrogen-bond acceptors (Lipinski definition) is 21. The van der Waals surface area contributed by atoms with Crippen LogP contribution in [0, 0.1) is 23.3 Å². The summed E-state index contributed by atoms with van der Waals surface area (Å²) in [6.07, 6.45) is 2.63. The molecule has 27 heteroatoms. The van der Waals surface area contributed by atoms with Gasteiger partial charge in [-0.25, -0.2) is 18.8 Å². The number of carbonyl (C=O) groups excluding carboxylic acids is 3. The number of benzene rings is 2. The number of nitrogens with one attached hydrogen (secondary N) is 1. The van der Waals surface area contributed by atoms with Gasteiger partial charge in [-0.3, -0.25) is 24.2 Å². The van der Waals surface area contributed by atoms with E-state index >= 15 is 0 Å². The van der Waals surface area contributed by atoms with Crippen molar-refractivity contribution in [3.05, 3.63) is 63.9 Å². The van der Waals surface area contributed by atoms with E-state index in [9.17, 15) is 31.9 Å². The minimum atomic E-state index is -1.95. The lowest BCUT2D eigenvalue weighted by Crippen LogP contribution is -2.35. The highest BCUT2D eigenvalue weighted by Crippen LogP contribution is 2.35. The molecule has 2 aromatic rings. The van der Waals surface area contributed by atoms with Crippen LogP contribution in [-0.2, 0) is 66.6 Å². The second kappa shape index (κ2) is 40.9. The second-order valence-electron chi connectivity index (χ2n) is 16.5. The molecule has 2 amide bonds. The zero-order chi connectivity index (χ0) is 57.6. The van der Waals surface area contributed by atoms with Crippen LogP contribution in [0.1, 0.15) is 57.6 Å². The summed E-state index contributed by atoms with van der Waals surface area (Å²) >= 11 is -0.523. The summed E-state index contributed by atoms with van der Waals surface area (Å²) in [6, 6.07) is 5.42. The number of rotatable bonds is 44. The fourth-order valence-electron chi connectivity index (χ4n) is 6.89. The molecule has 0 fully saturated rings. The Morgan fingerprint density at radius 2 is 1.18 bits per heavy atom. The van der Waals surface area contributed by atoms with Crippen LogP contribution in [0.15, 0.2) is 44.3 Å². The van der Waals surface area contributed by atoms with Gasteiger partial charge in [0, 0.05) is 61.0 Å². The van der Waals surface area contributed by atoms with Gasteiger partial charge in [0.1, 0.15) is 16.4 Å². The molecule has 6 N–H and O–H groups in total. The molecule has 1 aliphatic heterocycles. The third-order valence-corrected chi connectivity index (χ3v) is 11.2. The highest BCUT2D eigenvalue weighted by molar-refractivity contribution is 7.93. The Labute approximate surface area is 462 Å². The molecule has 1 heterocycles. The molecule has 444 valence electrons. The van der Waals surface area contributed by atoms with Gasteiger partial charge in [-0.1, -0.05) is 26.0 Å². The summed E-state index contributed by atoms with van der Waals surface area (Å²) in [6.45, 7) is 12.8. The first-order chi connectivity index (χ1) is 38.3. The van der Waals surface area contributed by atoms with Gasteiger partial charge in [0.05, 0.1) is 151 Å². The average molecular weight is 1150 g/mol. The number of hydroxylamine groups is 2. The molecule has 2 aromatic carbocycles. The van der Waals surface area contributed by atoms with Gasteiger partial charge >= 0.3 is 5.97 Å². The van der Waals surface area contributed by atoms with E-state index in [4.69, 9.17) is 68.2 Å². The van der Waals surface area contributed by atoms with Crippen LogP contribution >= 0.6 is 12.0 Å². The van der Waals surface area contributed by atoms with Crippen LogP contribution in [0.3, 0.4) is 0 Å². The fraction of sp³-hybridized carbons (Fsp3) is 0.596. The van der Waals surface area contributed by atoms with E-state index in [0.29, 0.717) is 152 Å². The molecule has 3 rings (SSSR count). The largest absolute Gasteiger partial charge is 0.420 e. The number of nitrogens with zero attached hydrogens (tertiary/aromatic N) is 3. The Morgan fingerprint density at radius 1 is 0.709 bits per heavy atom. The zero-order valence-corrected chi connectivity index (χ0v) is 46.2. The number of carbonyl (C=O) groups is 3. The van der Waals surface area contributed by atoms with Gasteiger partial charge in [0.25, 0.3) is 11.8 Å². The van der Waals surface area contributed by atoms with Gasteiger partial charge in [-0.2, -0.15) is 8.78 Å². The summed E-state index contributed by atoms with van der Waals surface area (Å²) < 4.78 is 123.